The molecule has 2 aromatic rings. The Bertz CT molecular complexity index is 1160. The highest BCUT2D eigenvalue weighted by molar-refractivity contribution is 7.89. The van der Waals surface area contributed by atoms with Crippen molar-refractivity contribution in [2.75, 3.05) is 26.2 Å². The third kappa shape index (κ3) is 6.51. The zero-order valence-electron chi connectivity index (χ0n) is 20.5. The Labute approximate surface area is 208 Å². The predicted molar refractivity (Wildman–Crippen MR) is 137 cm³/mol. The van der Waals surface area contributed by atoms with E-state index in [1.165, 1.54) is 35.7 Å². The molecule has 2 N–H and O–H groups in total. The van der Waals surface area contributed by atoms with Crippen molar-refractivity contribution in [1.29, 1.82) is 0 Å². The summed E-state index contributed by atoms with van der Waals surface area (Å²) in [5.41, 5.74) is 3.33. The summed E-state index contributed by atoms with van der Waals surface area (Å²) < 4.78 is 43.0. The van der Waals surface area contributed by atoms with E-state index in [0.29, 0.717) is 12.3 Å². The van der Waals surface area contributed by atoms with E-state index in [4.69, 9.17) is 0 Å². The second kappa shape index (κ2) is 11.4. The number of hydrogen-bond acceptors (Lipinski definition) is 5. The number of nitrogens with zero attached hydrogens (tertiary/aromatic N) is 2. The van der Waals surface area contributed by atoms with Crippen LogP contribution in [0.1, 0.15) is 44.7 Å². The van der Waals surface area contributed by atoms with Gasteiger partial charge in [0.25, 0.3) is 0 Å². The Balaban J connectivity index is 1.39. The number of likely N-dealkylation sites (tertiary alicyclic amines) is 1. The molecule has 0 amide bonds. The van der Waals surface area contributed by atoms with Crippen LogP contribution in [0.15, 0.2) is 83.3 Å². The lowest BCUT2D eigenvalue weighted by atomic mass is 9.92. The van der Waals surface area contributed by atoms with Crippen LogP contribution in [0.4, 0.5) is 4.39 Å². The van der Waals surface area contributed by atoms with Gasteiger partial charge in [-0.2, -0.15) is 0 Å². The normalized spacial score (nSPS) is 18.5. The highest BCUT2D eigenvalue weighted by atomic mass is 32.2. The average molecular weight is 499 g/mol. The first-order valence-corrected chi connectivity index (χ1v) is 13.8. The van der Waals surface area contributed by atoms with E-state index in [0.717, 1.165) is 44.6 Å². The molecule has 2 aromatic carbocycles. The maximum Gasteiger partial charge on any atom is 0.244 e. The zero-order valence-corrected chi connectivity index (χ0v) is 21.3. The number of hydrogen-bond donors (Lipinski definition) is 2. The summed E-state index contributed by atoms with van der Waals surface area (Å²) >= 11 is 0. The second-order valence-corrected chi connectivity index (χ2v) is 11.0. The summed E-state index contributed by atoms with van der Waals surface area (Å²) in [6.45, 7) is 7.87. The predicted octanol–water partition coefficient (Wildman–Crippen LogP) is 4.58. The van der Waals surface area contributed by atoms with Gasteiger partial charge < -0.3 is 15.1 Å². The molecule has 0 bridgehead atoms. The van der Waals surface area contributed by atoms with Gasteiger partial charge in [-0.15, -0.1) is 0 Å². The van der Waals surface area contributed by atoms with Crippen LogP contribution in [-0.4, -0.2) is 44.4 Å². The number of sulfonamides is 1. The molecule has 0 aliphatic carbocycles. The van der Waals surface area contributed by atoms with Gasteiger partial charge in [0.1, 0.15) is 10.7 Å². The quantitative estimate of drug-likeness (QED) is 0.530. The minimum absolute atomic E-state index is 0.319. The van der Waals surface area contributed by atoms with Gasteiger partial charge in [-0.1, -0.05) is 42.5 Å². The maximum atomic E-state index is 14.2. The number of nitrogens with one attached hydrogen (secondary N) is 2. The van der Waals surface area contributed by atoms with E-state index in [2.05, 4.69) is 46.1 Å². The van der Waals surface area contributed by atoms with Crippen LogP contribution in [0.3, 0.4) is 0 Å². The van der Waals surface area contributed by atoms with E-state index in [1.807, 2.05) is 30.3 Å². The molecule has 35 heavy (non-hydrogen) atoms. The van der Waals surface area contributed by atoms with Crippen LogP contribution in [0.2, 0.25) is 0 Å². The van der Waals surface area contributed by atoms with E-state index >= 15 is 0 Å². The van der Waals surface area contributed by atoms with Crippen molar-refractivity contribution in [2.24, 2.45) is 5.92 Å². The lowest BCUT2D eigenvalue weighted by Gasteiger charge is -2.36. The molecule has 1 fully saturated rings. The molecule has 0 unspecified atom stereocenters. The van der Waals surface area contributed by atoms with Crippen LogP contribution in [-0.2, 0) is 10.0 Å². The van der Waals surface area contributed by atoms with Crippen molar-refractivity contribution in [3.63, 3.8) is 0 Å². The molecule has 0 spiro atoms. The molecule has 0 aromatic heterocycles. The second-order valence-electron chi connectivity index (χ2n) is 9.27. The minimum atomic E-state index is -4.00. The van der Waals surface area contributed by atoms with Crippen LogP contribution < -0.4 is 10.0 Å². The molecule has 2 aliphatic heterocycles. The smallest absolute Gasteiger partial charge is 0.244 e. The van der Waals surface area contributed by atoms with Gasteiger partial charge in [0.15, 0.2) is 0 Å². The summed E-state index contributed by atoms with van der Waals surface area (Å²) in [5, 5.41) is 3.54. The van der Waals surface area contributed by atoms with Crippen LogP contribution >= 0.6 is 0 Å². The number of piperidine rings is 1. The molecule has 2 heterocycles. The molecule has 1 atom stereocenters. The number of allylic oxidation sites excluding steroid dienone is 2. The first-order valence-electron chi connectivity index (χ1n) is 12.3. The monoisotopic (exact) mass is 498 g/mol. The molecule has 6 nitrogen and oxygen atoms in total. The van der Waals surface area contributed by atoms with Crippen molar-refractivity contribution in [3.8, 4) is 0 Å². The average Bonchev–Trinajstić information content (AvgIpc) is 2.87. The van der Waals surface area contributed by atoms with Gasteiger partial charge in [-0.25, -0.2) is 17.5 Å². The van der Waals surface area contributed by atoms with Crippen LogP contribution in [0, 0.1) is 11.7 Å². The first-order chi connectivity index (χ1) is 16.9. The van der Waals surface area contributed by atoms with E-state index < -0.39 is 21.9 Å². The summed E-state index contributed by atoms with van der Waals surface area (Å²) in [6, 6.07) is 14.6. The Kier molecular flexibility index (Phi) is 8.26. The fraction of sp³-hybridized carbons (Fsp3) is 0.407. The largest absolute Gasteiger partial charge is 0.360 e. The van der Waals surface area contributed by atoms with Gasteiger partial charge in [0.2, 0.25) is 10.0 Å². The highest BCUT2D eigenvalue weighted by Crippen LogP contribution is 2.28. The van der Waals surface area contributed by atoms with Crippen LogP contribution in [0.5, 0.6) is 0 Å². The van der Waals surface area contributed by atoms with E-state index in [-0.39, 0.29) is 4.90 Å². The van der Waals surface area contributed by atoms with Gasteiger partial charge in [-0.05, 0) is 70.4 Å². The molecular weight excluding hydrogens is 463 g/mol. The van der Waals surface area contributed by atoms with E-state index in [9.17, 15) is 12.8 Å². The van der Waals surface area contributed by atoms with Gasteiger partial charge in [0, 0.05) is 42.3 Å². The van der Waals surface area contributed by atoms with Crippen molar-refractivity contribution < 1.29 is 12.8 Å². The first kappa shape index (κ1) is 25.4. The highest BCUT2D eigenvalue weighted by Gasteiger charge is 2.27. The molecule has 0 radical (unpaired) electrons. The summed E-state index contributed by atoms with van der Waals surface area (Å²) in [5.74, 6) is -0.250. The molecule has 8 heteroatoms. The van der Waals surface area contributed by atoms with Gasteiger partial charge in [0.05, 0.1) is 0 Å². The third-order valence-electron chi connectivity index (χ3n) is 6.76. The molecule has 0 saturated carbocycles. The number of benzene rings is 2. The fourth-order valence-electron chi connectivity index (χ4n) is 4.82. The van der Waals surface area contributed by atoms with Crippen molar-refractivity contribution in [3.05, 3.63) is 89.8 Å². The molecule has 1 saturated heterocycles. The van der Waals surface area contributed by atoms with Crippen LogP contribution in [0.25, 0.3) is 0 Å². The Morgan fingerprint density at radius 2 is 1.74 bits per heavy atom. The number of halogens is 1. The Morgan fingerprint density at radius 1 is 1.06 bits per heavy atom. The summed E-state index contributed by atoms with van der Waals surface area (Å²) in [6.07, 6.45) is 7.07. The van der Waals surface area contributed by atoms with Crippen molar-refractivity contribution in [1.82, 2.24) is 19.8 Å². The lowest BCUT2D eigenvalue weighted by molar-refractivity contribution is 0.188. The standard InChI is InChI=1S/C27H35FN4O2S/c1-3-31-19-21(2)29-26(20-31)23-13-16-32(17-14-23)18-15-25(22-9-5-4-6-10-22)30-35(33,34)27-12-8-7-11-24(27)28/h4-12,19-20,23,25,29-30H,3,13-18H2,1-2H3/t25-/m1/s1. The zero-order chi connectivity index (χ0) is 24.8. The van der Waals surface area contributed by atoms with Gasteiger partial charge in [-0.3, -0.25) is 0 Å². The van der Waals surface area contributed by atoms with Crippen molar-refractivity contribution >= 4 is 10.0 Å². The molecular formula is C27H35FN4O2S. The van der Waals surface area contributed by atoms with E-state index in [1.54, 1.807) is 0 Å². The third-order valence-corrected chi connectivity index (χ3v) is 8.26. The Morgan fingerprint density at radius 3 is 2.43 bits per heavy atom. The summed E-state index contributed by atoms with van der Waals surface area (Å²) in [4.78, 5) is 4.30. The lowest BCUT2D eigenvalue weighted by Crippen LogP contribution is -2.39. The summed E-state index contributed by atoms with van der Waals surface area (Å²) in [7, 11) is -4.00. The maximum absolute atomic E-state index is 14.2. The van der Waals surface area contributed by atoms with Crippen molar-refractivity contribution in [2.45, 2.75) is 44.0 Å². The topological polar surface area (TPSA) is 64.7 Å². The number of rotatable bonds is 9. The minimum Gasteiger partial charge on any atom is -0.360 e. The molecule has 4 rings (SSSR count). The fourth-order valence-corrected chi connectivity index (χ4v) is 6.16. The SMILES string of the molecule is CCN1C=C(C)NC(C2CCN(CC[C@@H](NS(=O)(=O)c3ccccc3F)c3ccccc3)CC2)=C1. The molecule has 188 valence electrons. The Hall–Kier alpha value is -2.68. The molecule has 2 aliphatic rings. The van der Waals surface area contributed by atoms with Gasteiger partial charge >= 0.3 is 0 Å².